The van der Waals surface area contributed by atoms with Crippen molar-refractivity contribution in [2.24, 2.45) is 5.73 Å². The fraction of sp³-hybridized carbons (Fsp3) is 0.500. The van der Waals surface area contributed by atoms with Gasteiger partial charge in [-0.1, -0.05) is 30.3 Å². The first kappa shape index (κ1) is 13.1. The second kappa shape index (κ2) is 6.52. The topological polar surface area (TPSA) is 58.4 Å². The van der Waals surface area contributed by atoms with E-state index >= 15 is 0 Å². The number of hydrogen-bond donors (Lipinski definition) is 2. The third-order valence-corrected chi connectivity index (χ3v) is 3.25. The molecule has 98 valence electrons. The summed E-state index contributed by atoms with van der Waals surface area (Å²) in [5, 5.41) is 2.95. The molecule has 1 heterocycles. The van der Waals surface area contributed by atoms with Crippen LogP contribution >= 0.6 is 0 Å². The third kappa shape index (κ3) is 4.13. The lowest BCUT2D eigenvalue weighted by atomic mass is 10.1. The van der Waals surface area contributed by atoms with Gasteiger partial charge in [-0.25, -0.2) is 0 Å². The number of nitrogens with zero attached hydrogens (tertiary/aromatic N) is 1. The lowest BCUT2D eigenvalue weighted by Gasteiger charge is -2.14. The molecule has 1 amide bonds. The summed E-state index contributed by atoms with van der Waals surface area (Å²) in [6.45, 7) is 2.95. The maximum atomic E-state index is 11.7. The fourth-order valence-electron chi connectivity index (χ4n) is 2.26. The van der Waals surface area contributed by atoms with Crippen LogP contribution in [0.3, 0.4) is 0 Å². The van der Waals surface area contributed by atoms with Crippen LogP contribution in [-0.4, -0.2) is 43.0 Å². The van der Waals surface area contributed by atoms with Gasteiger partial charge in [0.1, 0.15) is 0 Å². The van der Waals surface area contributed by atoms with Crippen LogP contribution in [0.1, 0.15) is 12.0 Å². The van der Waals surface area contributed by atoms with Crippen LogP contribution in [0.2, 0.25) is 0 Å². The molecule has 3 N–H and O–H groups in total. The van der Waals surface area contributed by atoms with Crippen LogP contribution in [0.25, 0.3) is 0 Å². The second-order valence-corrected chi connectivity index (χ2v) is 4.87. The number of nitrogens with two attached hydrogens (primary N) is 1. The van der Waals surface area contributed by atoms with Crippen LogP contribution in [0.5, 0.6) is 0 Å². The van der Waals surface area contributed by atoms with E-state index < -0.39 is 0 Å². The van der Waals surface area contributed by atoms with Gasteiger partial charge >= 0.3 is 0 Å². The summed E-state index contributed by atoms with van der Waals surface area (Å²) in [6.07, 6.45) is 1.88. The Morgan fingerprint density at radius 1 is 1.39 bits per heavy atom. The number of rotatable bonds is 5. The van der Waals surface area contributed by atoms with Crippen molar-refractivity contribution in [3.05, 3.63) is 35.9 Å². The number of carbonyl (C=O) groups excluding carboxylic acids is 1. The van der Waals surface area contributed by atoms with Gasteiger partial charge in [0.15, 0.2) is 0 Å². The van der Waals surface area contributed by atoms with E-state index in [9.17, 15) is 4.79 Å². The molecular weight excluding hydrogens is 226 g/mol. The minimum Gasteiger partial charge on any atom is -0.355 e. The lowest BCUT2D eigenvalue weighted by molar-refractivity contribution is -0.121. The number of benzene rings is 1. The molecule has 0 bridgehead atoms. The first-order chi connectivity index (χ1) is 8.74. The van der Waals surface area contributed by atoms with E-state index in [1.165, 1.54) is 5.56 Å². The molecule has 0 aliphatic carbocycles. The van der Waals surface area contributed by atoms with E-state index in [-0.39, 0.29) is 11.9 Å². The summed E-state index contributed by atoms with van der Waals surface area (Å²) in [4.78, 5) is 13.8. The largest absolute Gasteiger partial charge is 0.355 e. The molecule has 1 aliphatic rings. The van der Waals surface area contributed by atoms with Crippen LogP contribution in [-0.2, 0) is 11.2 Å². The van der Waals surface area contributed by atoms with Gasteiger partial charge in [0, 0.05) is 25.7 Å². The van der Waals surface area contributed by atoms with Crippen molar-refractivity contribution in [1.29, 1.82) is 0 Å². The minimum atomic E-state index is 0.0973. The van der Waals surface area contributed by atoms with E-state index in [0.717, 1.165) is 25.9 Å². The maximum Gasteiger partial charge on any atom is 0.234 e. The van der Waals surface area contributed by atoms with Crippen LogP contribution in [0, 0.1) is 0 Å². The predicted octanol–water partition coefficient (Wildman–Crippen LogP) is 0.378. The van der Waals surface area contributed by atoms with Crippen LogP contribution in [0.4, 0.5) is 0 Å². The Balaban J connectivity index is 1.63. The summed E-state index contributed by atoms with van der Waals surface area (Å²) in [5.41, 5.74) is 7.05. The van der Waals surface area contributed by atoms with Gasteiger partial charge in [0.05, 0.1) is 6.54 Å². The zero-order chi connectivity index (χ0) is 12.8. The number of amides is 1. The summed E-state index contributed by atoms with van der Waals surface area (Å²) in [5.74, 6) is 0.0973. The van der Waals surface area contributed by atoms with Crippen molar-refractivity contribution in [2.45, 2.75) is 18.9 Å². The highest BCUT2D eigenvalue weighted by Crippen LogP contribution is 2.05. The molecule has 0 unspecified atom stereocenters. The minimum absolute atomic E-state index is 0.0973. The number of carbonyl (C=O) groups is 1. The van der Waals surface area contributed by atoms with Crippen molar-refractivity contribution in [3.63, 3.8) is 0 Å². The summed E-state index contributed by atoms with van der Waals surface area (Å²) in [7, 11) is 0. The van der Waals surface area contributed by atoms with Crippen molar-refractivity contribution in [3.8, 4) is 0 Å². The smallest absolute Gasteiger partial charge is 0.234 e. The number of likely N-dealkylation sites (tertiary alicyclic amines) is 1. The van der Waals surface area contributed by atoms with Crippen LogP contribution < -0.4 is 11.1 Å². The van der Waals surface area contributed by atoms with Gasteiger partial charge in [-0.2, -0.15) is 0 Å². The first-order valence-corrected chi connectivity index (χ1v) is 6.52. The molecule has 1 aliphatic heterocycles. The van der Waals surface area contributed by atoms with E-state index in [1.807, 2.05) is 18.2 Å². The van der Waals surface area contributed by atoms with E-state index in [2.05, 4.69) is 22.3 Å². The number of nitrogens with one attached hydrogen (secondary N) is 1. The highest BCUT2D eigenvalue weighted by molar-refractivity contribution is 5.78. The van der Waals surface area contributed by atoms with Crippen molar-refractivity contribution in [2.75, 3.05) is 26.2 Å². The standard InChI is InChI=1S/C14H21N3O/c15-13-7-9-17(10-13)11-14(18)16-8-6-12-4-2-1-3-5-12/h1-5,13H,6-11,15H2,(H,16,18)/t13-/m0/s1. The Morgan fingerprint density at radius 3 is 2.83 bits per heavy atom. The third-order valence-electron chi connectivity index (χ3n) is 3.25. The zero-order valence-electron chi connectivity index (χ0n) is 10.6. The second-order valence-electron chi connectivity index (χ2n) is 4.87. The average Bonchev–Trinajstić information content (AvgIpc) is 2.76. The first-order valence-electron chi connectivity index (χ1n) is 6.52. The quantitative estimate of drug-likeness (QED) is 0.791. The monoisotopic (exact) mass is 247 g/mol. The molecule has 1 saturated heterocycles. The Morgan fingerprint density at radius 2 is 2.17 bits per heavy atom. The van der Waals surface area contributed by atoms with E-state index in [4.69, 9.17) is 5.73 Å². The molecular formula is C14H21N3O. The Labute approximate surface area is 108 Å². The van der Waals surface area contributed by atoms with Gasteiger partial charge in [-0.3, -0.25) is 9.69 Å². The average molecular weight is 247 g/mol. The Hall–Kier alpha value is -1.39. The molecule has 0 radical (unpaired) electrons. The fourth-order valence-corrected chi connectivity index (χ4v) is 2.26. The Kier molecular flexibility index (Phi) is 4.73. The van der Waals surface area contributed by atoms with Crippen molar-refractivity contribution >= 4 is 5.91 Å². The van der Waals surface area contributed by atoms with Crippen molar-refractivity contribution in [1.82, 2.24) is 10.2 Å². The molecule has 4 nitrogen and oxygen atoms in total. The Bertz CT molecular complexity index is 380. The molecule has 4 heteroatoms. The normalized spacial score (nSPS) is 19.9. The molecule has 18 heavy (non-hydrogen) atoms. The molecule has 0 aromatic heterocycles. The van der Waals surface area contributed by atoms with E-state index in [1.54, 1.807) is 0 Å². The highest BCUT2D eigenvalue weighted by Gasteiger charge is 2.20. The predicted molar refractivity (Wildman–Crippen MR) is 72.2 cm³/mol. The van der Waals surface area contributed by atoms with Crippen LogP contribution in [0.15, 0.2) is 30.3 Å². The zero-order valence-corrected chi connectivity index (χ0v) is 10.6. The molecule has 1 aromatic carbocycles. The molecule has 1 fully saturated rings. The van der Waals surface area contributed by atoms with Gasteiger partial charge in [0.25, 0.3) is 0 Å². The molecule has 1 aromatic rings. The van der Waals surface area contributed by atoms with Gasteiger partial charge < -0.3 is 11.1 Å². The van der Waals surface area contributed by atoms with Crippen molar-refractivity contribution < 1.29 is 4.79 Å². The molecule has 1 atom stereocenters. The maximum absolute atomic E-state index is 11.7. The number of hydrogen-bond acceptors (Lipinski definition) is 3. The van der Waals surface area contributed by atoms with Gasteiger partial charge in [0.2, 0.25) is 5.91 Å². The lowest BCUT2D eigenvalue weighted by Crippen LogP contribution is -2.38. The highest BCUT2D eigenvalue weighted by atomic mass is 16.2. The van der Waals surface area contributed by atoms with E-state index in [0.29, 0.717) is 13.1 Å². The van der Waals surface area contributed by atoms with Gasteiger partial charge in [-0.05, 0) is 18.4 Å². The summed E-state index contributed by atoms with van der Waals surface area (Å²) in [6, 6.07) is 10.4. The van der Waals surface area contributed by atoms with Gasteiger partial charge in [-0.15, -0.1) is 0 Å². The molecule has 2 rings (SSSR count). The SMILES string of the molecule is N[C@H]1CCN(CC(=O)NCCc2ccccc2)C1. The summed E-state index contributed by atoms with van der Waals surface area (Å²) >= 11 is 0. The summed E-state index contributed by atoms with van der Waals surface area (Å²) < 4.78 is 0. The molecule has 0 spiro atoms. The molecule has 0 saturated carbocycles.